The first-order chi connectivity index (χ1) is 59.5. The molecule has 0 aliphatic rings. The molecule has 0 radical (unpaired) electrons. The van der Waals surface area contributed by atoms with Gasteiger partial charge in [-0.25, -0.2) is 0 Å². The van der Waals surface area contributed by atoms with Crippen LogP contribution in [0.15, 0.2) is 170 Å². The van der Waals surface area contributed by atoms with E-state index in [-0.39, 0.29) is 0 Å². The Hall–Kier alpha value is -9.00. The molecule has 6 atom stereocenters. The third-order valence-electron chi connectivity index (χ3n) is 29.1. The fourth-order valence-electron chi connectivity index (χ4n) is 21.9. The second-order valence-electron chi connectivity index (χ2n) is 36.5. The first-order valence-electron chi connectivity index (χ1n) is 47.8. The van der Waals surface area contributed by atoms with Crippen molar-refractivity contribution in [3.05, 3.63) is 170 Å². The summed E-state index contributed by atoms with van der Waals surface area (Å²) in [5.74, 6) is 3.40. The number of nitrogens with zero attached hydrogens (tertiary/aromatic N) is 8. The third-order valence-corrected chi connectivity index (χ3v) is 31.9. The minimum atomic E-state index is 0.537. The van der Waals surface area contributed by atoms with Gasteiger partial charge in [0.1, 0.15) is 11.0 Å². The fraction of sp³-hybridized carbons (Fsp3) is 0.436. The lowest BCUT2D eigenvalue weighted by molar-refractivity contribution is 0.400. The summed E-state index contributed by atoms with van der Waals surface area (Å²) >= 11 is 5.15. The molecule has 18 rings (SSSR count). The molecule has 0 saturated carbocycles. The van der Waals surface area contributed by atoms with Gasteiger partial charge in [0.05, 0.1) is 44.8 Å². The summed E-state index contributed by atoms with van der Waals surface area (Å²) in [5.41, 5.74) is 23.6. The van der Waals surface area contributed by atoms with Crippen molar-refractivity contribution in [2.24, 2.45) is 35.5 Å². The largest absolute Gasteiger partial charge is 0.340 e. The number of para-hydroxylation sites is 4. The number of fused-ring (bicyclic) bond motifs is 25. The minimum Gasteiger partial charge on any atom is -0.340 e. The zero-order valence-electron chi connectivity index (χ0n) is 74.6. The number of hydrogen-bond donors (Lipinski definition) is 0. The Balaban J connectivity index is 0.776. The van der Waals surface area contributed by atoms with Gasteiger partial charge in [0.2, 0.25) is 0 Å². The normalized spacial score (nSPS) is 14.1. The third kappa shape index (κ3) is 14.9. The molecule has 9 heterocycles. The number of rotatable bonds is 40. The van der Waals surface area contributed by atoms with Crippen LogP contribution < -0.4 is 0 Å². The Kier molecular flexibility index (Phi) is 25.0. The van der Waals surface area contributed by atoms with Crippen LogP contribution in [0.1, 0.15) is 237 Å². The van der Waals surface area contributed by atoms with Crippen molar-refractivity contribution < 1.29 is 0 Å². The van der Waals surface area contributed by atoms with Crippen LogP contribution in [-0.2, 0) is 39.3 Å². The van der Waals surface area contributed by atoms with Gasteiger partial charge in [-0.05, 0) is 146 Å². The van der Waals surface area contributed by atoms with E-state index in [1.54, 1.807) is 0 Å². The number of hydrogen-bond acceptors (Lipinski definition) is 5. The Morgan fingerprint density at radius 1 is 0.248 bits per heavy atom. The Labute approximate surface area is 730 Å². The van der Waals surface area contributed by atoms with Crippen molar-refractivity contribution in [3.8, 4) is 41.8 Å². The molecule has 121 heavy (non-hydrogen) atoms. The highest BCUT2D eigenvalue weighted by Crippen LogP contribution is 2.54. The molecule has 0 aliphatic carbocycles. The summed E-state index contributed by atoms with van der Waals surface area (Å²) < 4.78 is 27.5. The van der Waals surface area contributed by atoms with E-state index in [9.17, 15) is 0 Å². The zero-order valence-corrected chi connectivity index (χ0v) is 77.1. The molecule has 11 heteroatoms. The number of thiophene rings is 2. The molecule has 0 fully saturated rings. The SMILES string of the molecule is CCCCC(CC)Cn1c2ccccc2c2c1c1c3ccc(-c4ccc(-c5ccc(-c6ccc(-c7ccc8c9c%10c(c%11ccccc%11n%10CC(CC)CCCC)c%10c(c%11ccccc%11n%10CC(CC)CCCC)c9n(CC(CC)CCCC)c8c7)s6)c6nsnc56)s4)cc3n(CC(CC)CCCC)c1c1c3ccccc3n(CC(CC)CCCC)c21. The van der Waals surface area contributed by atoms with Crippen LogP contribution in [0, 0.1) is 35.5 Å². The first kappa shape index (κ1) is 82.9. The molecule has 8 nitrogen and oxygen atoms in total. The molecule has 0 aliphatic heterocycles. The highest BCUT2D eigenvalue weighted by Gasteiger charge is 2.34. The second kappa shape index (κ2) is 36.4. The van der Waals surface area contributed by atoms with Crippen molar-refractivity contribution in [2.75, 3.05) is 0 Å². The summed E-state index contributed by atoms with van der Waals surface area (Å²) in [6.45, 7) is 34.9. The molecule has 628 valence electrons. The standard InChI is InChI=1S/C110H130N8S3/c1-13-25-39-71(19-7)65-113-89-51-37-33-47-81(89)99-105(113)97-79-45-31-35-49-87(79)115(67-73(21-9)41-27-15-3)107(97)101-83-55-53-77(63-91(83)117(109(99)101)69-75(23-11)43-29-17-5)93-59-61-95(119-93)85-57-58-86(104-103(85)111-121-112-104)96-62-60-94(120-96)78-54-56-84-92(64-78)118(70-76(24-12)44-30-18-6)110-100-82-48-34-38-52-90(82)114(66-72(20-8)40-26-14-2)106(100)98-80-46-32-36-50-88(80)116(108(98)102(84)110)68-74(22-10)42-28-16-4/h31-38,45-64,71-76H,13-30,39-44,65-70H2,1-12H3. The van der Waals surface area contributed by atoms with Gasteiger partial charge >= 0.3 is 0 Å². The Bertz CT molecular complexity index is 6330. The van der Waals surface area contributed by atoms with Gasteiger partial charge in [0, 0.05) is 168 Å². The zero-order chi connectivity index (χ0) is 83.1. The van der Waals surface area contributed by atoms with E-state index in [2.05, 4.69) is 280 Å². The summed E-state index contributed by atoms with van der Waals surface area (Å²) in [5, 5.41) is 16.9. The van der Waals surface area contributed by atoms with E-state index < -0.39 is 0 Å². The summed E-state index contributed by atoms with van der Waals surface area (Å²) in [6, 6.07) is 67.5. The van der Waals surface area contributed by atoms with Gasteiger partial charge in [-0.1, -0.05) is 308 Å². The molecule has 0 amide bonds. The highest BCUT2D eigenvalue weighted by atomic mass is 32.1. The van der Waals surface area contributed by atoms with E-state index in [1.165, 1.54) is 314 Å². The molecule has 6 unspecified atom stereocenters. The first-order valence-corrected chi connectivity index (χ1v) is 50.2. The van der Waals surface area contributed by atoms with Gasteiger partial charge < -0.3 is 27.4 Å². The van der Waals surface area contributed by atoms with Crippen molar-refractivity contribution in [3.63, 3.8) is 0 Å². The van der Waals surface area contributed by atoms with E-state index >= 15 is 0 Å². The molecular weight excluding hydrogens is 1530 g/mol. The van der Waals surface area contributed by atoms with Crippen LogP contribution >= 0.6 is 34.4 Å². The van der Waals surface area contributed by atoms with E-state index in [1.807, 2.05) is 22.7 Å². The van der Waals surface area contributed by atoms with Crippen LogP contribution in [-0.4, -0.2) is 36.1 Å². The lowest BCUT2D eigenvalue weighted by Crippen LogP contribution is -2.12. The maximum absolute atomic E-state index is 5.22. The van der Waals surface area contributed by atoms with Crippen LogP contribution in [0.25, 0.3) is 184 Å². The Morgan fingerprint density at radius 2 is 0.479 bits per heavy atom. The predicted octanol–water partition coefficient (Wildman–Crippen LogP) is 34.4. The van der Waals surface area contributed by atoms with Crippen molar-refractivity contribution in [2.45, 2.75) is 276 Å². The van der Waals surface area contributed by atoms with Crippen LogP contribution in [0.4, 0.5) is 0 Å². The van der Waals surface area contributed by atoms with Gasteiger partial charge in [0.15, 0.2) is 0 Å². The number of benzene rings is 9. The molecular formula is C110H130N8S3. The molecule has 18 aromatic rings. The molecule has 0 spiro atoms. The van der Waals surface area contributed by atoms with Gasteiger partial charge in [-0.15, -0.1) is 22.7 Å². The lowest BCUT2D eigenvalue weighted by Gasteiger charge is -2.20. The van der Waals surface area contributed by atoms with Gasteiger partial charge in [-0.2, -0.15) is 8.75 Å². The average molecular weight is 1660 g/mol. The topological polar surface area (TPSA) is 55.4 Å². The quantitative estimate of drug-likeness (QED) is 0.0384. The fourth-order valence-corrected chi connectivity index (χ4v) is 24.6. The van der Waals surface area contributed by atoms with E-state index in [0.29, 0.717) is 35.5 Å². The van der Waals surface area contributed by atoms with Crippen LogP contribution in [0.3, 0.4) is 0 Å². The highest BCUT2D eigenvalue weighted by molar-refractivity contribution is 7.19. The van der Waals surface area contributed by atoms with Crippen molar-refractivity contribution in [1.82, 2.24) is 36.1 Å². The maximum Gasteiger partial charge on any atom is 0.114 e. The van der Waals surface area contributed by atoms with Crippen LogP contribution in [0.2, 0.25) is 0 Å². The van der Waals surface area contributed by atoms with Crippen molar-refractivity contribution in [1.29, 1.82) is 0 Å². The summed E-state index contributed by atoms with van der Waals surface area (Å²) in [7, 11) is 0. The Morgan fingerprint density at radius 3 is 0.727 bits per heavy atom. The molecule has 0 N–H and O–H groups in total. The number of unbranched alkanes of at least 4 members (excludes halogenated alkanes) is 6. The van der Waals surface area contributed by atoms with Crippen molar-refractivity contribution >= 4 is 176 Å². The predicted molar refractivity (Wildman–Crippen MR) is 533 cm³/mol. The van der Waals surface area contributed by atoms with Gasteiger partial charge in [-0.3, -0.25) is 0 Å². The molecule has 9 aromatic carbocycles. The van der Waals surface area contributed by atoms with Crippen LogP contribution in [0.5, 0.6) is 0 Å². The monoisotopic (exact) mass is 1660 g/mol. The molecule has 0 bridgehead atoms. The van der Waals surface area contributed by atoms with Gasteiger partial charge in [0.25, 0.3) is 0 Å². The lowest BCUT2D eigenvalue weighted by atomic mass is 9.98. The average Bonchev–Trinajstić information content (AvgIpc) is 1.52. The van der Waals surface area contributed by atoms with E-state index in [0.717, 1.165) is 74.3 Å². The maximum atomic E-state index is 5.22. The smallest absolute Gasteiger partial charge is 0.114 e. The molecule has 0 saturated heterocycles. The van der Waals surface area contributed by atoms with E-state index in [4.69, 9.17) is 8.75 Å². The second-order valence-corrected chi connectivity index (χ2v) is 39.2. The number of aromatic nitrogens is 8. The summed E-state index contributed by atoms with van der Waals surface area (Å²) in [6.07, 6.45) is 29.2. The molecule has 9 aromatic heterocycles. The summed E-state index contributed by atoms with van der Waals surface area (Å²) in [4.78, 5) is 4.99. The minimum absolute atomic E-state index is 0.537.